The molecule has 1 nitrogen and oxygen atoms in total. The van der Waals surface area contributed by atoms with Crippen LogP contribution >= 0.6 is 0 Å². The van der Waals surface area contributed by atoms with Crippen LogP contribution in [-0.2, 0) is 0 Å². The fourth-order valence-electron chi connectivity index (χ4n) is 0.676. The van der Waals surface area contributed by atoms with Crippen molar-refractivity contribution in [1.29, 1.82) is 5.26 Å². The van der Waals surface area contributed by atoms with Gasteiger partial charge in [-0.25, -0.2) is 0 Å². The molecular formula is C8H7N. The monoisotopic (exact) mass is 117 g/mol. The van der Waals surface area contributed by atoms with Crippen molar-refractivity contribution in [3.05, 3.63) is 24.3 Å². The van der Waals surface area contributed by atoms with Crippen LogP contribution in [0, 0.1) is 11.3 Å². The average Bonchev–Trinajstić information content (AvgIpc) is 2.43. The zero-order valence-corrected chi connectivity index (χ0v) is 5.26. The van der Waals surface area contributed by atoms with Crippen LogP contribution in [0.15, 0.2) is 24.3 Å². The minimum Gasteiger partial charge on any atom is -0.199 e. The zero-order valence-electron chi connectivity index (χ0n) is 5.26. The van der Waals surface area contributed by atoms with Gasteiger partial charge in [-0.2, -0.15) is 5.26 Å². The molecule has 0 aromatic heterocycles. The first-order valence-electron chi connectivity index (χ1n) is 2.79. The largest absolute Gasteiger partial charge is 0.199 e. The molecule has 0 fully saturated rings. The average molecular weight is 117 g/mol. The number of nitriles is 1. The molecule has 44 valence electrons. The Labute approximate surface area is 54.6 Å². The summed E-state index contributed by atoms with van der Waals surface area (Å²) in [5.41, 5.74) is 2.85. The smallest absolute Gasteiger partial charge is 0.0587 e. The molecule has 0 aliphatic heterocycles. The number of rotatable bonds is 0. The number of hydrogen-bond acceptors (Lipinski definition) is 1. The highest BCUT2D eigenvalue weighted by molar-refractivity contribution is 5.80. The molecule has 0 bridgehead atoms. The van der Waals surface area contributed by atoms with Gasteiger partial charge in [0.15, 0.2) is 0 Å². The maximum atomic E-state index is 7.32. The van der Waals surface area contributed by atoms with E-state index in [9.17, 15) is 0 Å². The molecule has 0 radical (unpaired) electrons. The molecular weight excluding hydrogens is 110 g/mol. The van der Waals surface area contributed by atoms with Gasteiger partial charge in [-0.3, -0.25) is 0 Å². The highest BCUT2D eigenvalue weighted by atomic mass is 14.2. The summed E-state index contributed by atoms with van der Waals surface area (Å²) >= 11 is 0. The third kappa shape index (κ3) is 1.30. The third-order valence-corrected chi connectivity index (χ3v) is 1.11. The summed E-state index contributed by atoms with van der Waals surface area (Å²) in [5, 5.41) is 7.32. The van der Waals surface area contributed by atoms with Gasteiger partial charge in [0.25, 0.3) is 0 Å². The Morgan fingerprint density at radius 1 is 1.33 bits per heavy atom. The number of hydrogen-bond donors (Lipinski definition) is 0. The van der Waals surface area contributed by atoms with Crippen molar-refractivity contribution in [1.82, 2.24) is 0 Å². The predicted molar refractivity (Wildman–Crippen MR) is 36.7 cm³/mol. The fourth-order valence-corrected chi connectivity index (χ4v) is 0.676. The van der Waals surface area contributed by atoms with Crippen LogP contribution in [0.25, 0.3) is 11.1 Å². The van der Waals surface area contributed by atoms with Gasteiger partial charge in [-0.1, -0.05) is 18.2 Å². The van der Waals surface area contributed by atoms with Gasteiger partial charge in [-0.15, -0.1) is 0 Å². The summed E-state index contributed by atoms with van der Waals surface area (Å²) < 4.78 is 0. The van der Waals surface area contributed by atoms with E-state index in [0.29, 0.717) is 0 Å². The van der Waals surface area contributed by atoms with Crippen molar-refractivity contribution in [3.8, 4) is 17.2 Å². The van der Waals surface area contributed by atoms with Crippen molar-refractivity contribution < 1.29 is 0 Å². The Morgan fingerprint density at radius 2 is 1.78 bits per heavy atom. The predicted octanol–water partition coefficient (Wildman–Crippen LogP) is 2.20. The van der Waals surface area contributed by atoms with Gasteiger partial charge in [0, 0.05) is 6.92 Å². The summed E-state index contributed by atoms with van der Waals surface area (Å²) in [6.07, 6.45) is 0. The Morgan fingerprint density at radius 3 is 1.89 bits per heavy atom. The van der Waals surface area contributed by atoms with E-state index in [-0.39, 0.29) is 0 Å². The van der Waals surface area contributed by atoms with Crippen molar-refractivity contribution in [2.24, 2.45) is 0 Å². The Hall–Kier alpha value is -1.29. The standard InChI is InChI=1S/C6H4.C2H3N/c1-2-5-4-6(5)3-1;1-2-3/h1-4H;1H3. The molecule has 0 saturated carbocycles. The van der Waals surface area contributed by atoms with Gasteiger partial charge < -0.3 is 0 Å². The highest BCUT2D eigenvalue weighted by Crippen LogP contribution is 2.32. The maximum Gasteiger partial charge on any atom is 0.0587 e. The number of fused-ring (bicyclic) bond motifs is 1. The molecule has 0 spiro atoms. The van der Waals surface area contributed by atoms with E-state index in [1.165, 1.54) is 18.1 Å². The van der Waals surface area contributed by atoms with E-state index in [2.05, 4.69) is 24.3 Å². The van der Waals surface area contributed by atoms with E-state index >= 15 is 0 Å². The number of nitrogens with zero attached hydrogens (tertiary/aromatic N) is 1. The Kier molecular flexibility index (Phi) is 1.51. The van der Waals surface area contributed by atoms with Gasteiger partial charge >= 0.3 is 0 Å². The lowest BCUT2D eigenvalue weighted by Gasteiger charge is -1.48. The summed E-state index contributed by atoms with van der Waals surface area (Å²) in [7, 11) is 0. The Bertz CT molecular complexity index is 228. The number of benzene rings is 1. The van der Waals surface area contributed by atoms with Crippen LogP contribution in [0.1, 0.15) is 6.92 Å². The highest BCUT2D eigenvalue weighted by Gasteiger charge is 2.06. The van der Waals surface area contributed by atoms with Gasteiger partial charge in [0.1, 0.15) is 0 Å². The van der Waals surface area contributed by atoms with E-state index in [4.69, 9.17) is 5.26 Å². The van der Waals surface area contributed by atoms with Crippen molar-refractivity contribution >= 4 is 0 Å². The molecule has 0 aromatic carbocycles. The second kappa shape index (κ2) is 2.32. The molecule has 0 unspecified atom stereocenters. The lowest BCUT2D eigenvalue weighted by atomic mass is 10.6. The Balaban J connectivity index is 0.000000120. The molecule has 2 aliphatic rings. The van der Waals surface area contributed by atoms with E-state index < -0.39 is 0 Å². The summed E-state index contributed by atoms with van der Waals surface area (Å²) in [5.74, 6) is 0. The van der Waals surface area contributed by atoms with E-state index in [0.717, 1.165) is 0 Å². The van der Waals surface area contributed by atoms with Crippen molar-refractivity contribution in [2.45, 2.75) is 6.92 Å². The van der Waals surface area contributed by atoms with Crippen molar-refractivity contribution in [3.63, 3.8) is 0 Å². The minimum atomic E-state index is 1.43. The van der Waals surface area contributed by atoms with Gasteiger partial charge in [-0.05, 0) is 17.2 Å². The fraction of sp³-hybridized carbons (Fsp3) is 0.125. The van der Waals surface area contributed by atoms with Crippen LogP contribution in [0.3, 0.4) is 0 Å². The second-order valence-electron chi connectivity index (χ2n) is 1.80. The van der Waals surface area contributed by atoms with Crippen LogP contribution in [0.2, 0.25) is 0 Å². The second-order valence-corrected chi connectivity index (χ2v) is 1.80. The van der Waals surface area contributed by atoms with Crippen LogP contribution in [0.4, 0.5) is 0 Å². The normalized spacial score (nSPS) is 8.44. The van der Waals surface area contributed by atoms with Crippen LogP contribution < -0.4 is 0 Å². The minimum absolute atomic E-state index is 1.43. The first-order valence-corrected chi connectivity index (χ1v) is 2.79. The summed E-state index contributed by atoms with van der Waals surface area (Å²) in [6.45, 7) is 1.43. The molecule has 2 rings (SSSR count). The van der Waals surface area contributed by atoms with Crippen LogP contribution in [-0.4, -0.2) is 0 Å². The molecule has 1 heteroatoms. The molecule has 0 atom stereocenters. The SMILES string of the molecule is CC#N.c1cc2cc-2c1. The molecule has 0 amide bonds. The first-order chi connectivity index (χ1) is 4.38. The lowest BCUT2D eigenvalue weighted by molar-refractivity contribution is 1.49. The molecule has 0 aromatic rings. The quantitative estimate of drug-likeness (QED) is 0.519. The summed E-state index contributed by atoms with van der Waals surface area (Å²) in [6, 6.07) is 10.2. The molecule has 2 aliphatic carbocycles. The molecule has 0 N–H and O–H groups in total. The van der Waals surface area contributed by atoms with E-state index in [1.807, 2.05) is 0 Å². The van der Waals surface area contributed by atoms with Crippen LogP contribution in [0.5, 0.6) is 0 Å². The summed E-state index contributed by atoms with van der Waals surface area (Å²) in [4.78, 5) is 0. The molecule has 0 heterocycles. The molecule has 0 saturated heterocycles. The van der Waals surface area contributed by atoms with E-state index in [1.54, 1.807) is 6.07 Å². The van der Waals surface area contributed by atoms with Gasteiger partial charge in [0.2, 0.25) is 0 Å². The molecule has 9 heavy (non-hydrogen) atoms. The zero-order chi connectivity index (χ0) is 6.69. The first kappa shape index (κ1) is 5.84. The topological polar surface area (TPSA) is 23.8 Å². The lowest BCUT2D eigenvalue weighted by Crippen LogP contribution is -1.23. The third-order valence-electron chi connectivity index (χ3n) is 1.11. The maximum absolute atomic E-state index is 7.32. The van der Waals surface area contributed by atoms with Gasteiger partial charge in [0.05, 0.1) is 6.07 Å². The van der Waals surface area contributed by atoms with Crippen molar-refractivity contribution in [2.75, 3.05) is 0 Å².